The Balaban J connectivity index is 2.32. The second-order valence-electron chi connectivity index (χ2n) is 3.87. The van der Waals surface area contributed by atoms with Crippen molar-refractivity contribution >= 4 is 15.9 Å². The van der Waals surface area contributed by atoms with E-state index in [1.54, 1.807) is 14.2 Å². The van der Waals surface area contributed by atoms with E-state index in [2.05, 4.69) is 26.1 Å². The van der Waals surface area contributed by atoms with Crippen molar-refractivity contribution in [2.24, 2.45) is 5.73 Å². The summed E-state index contributed by atoms with van der Waals surface area (Å²) in [5.74, 6) is 1.50. The SMILES string of the molecule is COCC(N)c1noc(-c2cc(OC)ccc2Br)n1. The van der Waals surface area contributed by atoms with Gasteiger partial charge in [-0.25, -0.2) is 0 Å². The van der Waals surface area contributed by atoms with Gasteiger partial charge in [-0.2, -0.15) is 4.98 Å². The Labute approximate surface area is 119 Å². The molecule has 0 spiro atoms. The molecule has 2 rings (SSSR count). The summed E-state index contributed by atoms with van der Waals surface area (Å²) in [6.07, 6.45) is 0. The number of nitrogens with zero attached hydrogens (tertiary/aromatic N) is 2. The molecule has 2 aromatic rings. The molecule has 1 heterocycles. The smallest absolute Gasteiger partial charge is 0.259 e. The van der Waals surface area contributed by atoms with Crippen molar-refractivity contribution in [2.75, 3.05) is 20.8 Å². The Morgan fingerprint density at radius 1 is 1.42 bits per heavy atom. The minimum atomic E-state index is -0.410. The highest BCUT2D eigenvalue weighted by Crippen LogP contribution is 2.31. The lowest BCUT2D eigenvalue weighted by Gasteiger charge is -2.04. The van der Waals surface area contributed by atoms with Crippen LogP contribution in [0.3, 0.4) is 0 Å². The number of nitrogens with two attached hydrogens (primary N) is 1. The zero-order valence-electron chi connectivity index (χ0n) is 10.6. The second kappa shape index (κ2) is 6.14. The third-order valence-electron chi connectivity index (χ3n) is 2.52. The molecule has 0 fully saturated rings. The molecule has 0 aliphatic rings. The van der Waals surface area contributed by atoms with Gasteiger partial charge in [0, 0.05) is 11.6 Å². The molecule has 1 aromatic heterocycles. The Morgan fingerprint density at radius 2 is 2.21 bits per heavy atom. The molecule has 1 aromatic carbocycles. The first-order chi connectivity index (χ1) is 9.15. The first-order valence-corrected chi connectivity index (χ1v) is 6.37. The minimum absolute atomic E-state index is 0.332. The fourth-order valence-corrected chi connectivity index (χ4v) is 1.96. The van der Waals surface area contributed by atoms with Crippen LogP contribution in [0.1, 0.15) is 11.9 Å². The lowest BCUT2D eigenvalue weighted by atomic mass is 10.2. The predicted octanol–water partition coefficient (Wildman–Crippen LogP) is 2.15. The fraction of sp³-hybridized carbons (Fsp3) is 0.333. The fourth-order valence-electron chi connectivity index (χ4n) is 1.54. The number of benzene rings is 1. The third kappa shape index (κ3) is 3.12. The van der Waals surface area contributed by atoms with Gasteiger partial charge in [0.25, 0.3) is 5.89 Å². The summed E-state index contributed by atoms with van der Waals surface area (Å²) in [6, 6.07) is 5.09. The molecule has 0 saturated carbocycles. The molecule has 0 saturated heterocycles. The van der Waals surface area contributed by atoms with E-state index in [1.165, 1.54) is 0 Å². The van der Waals surface area contributed by atoms with Gasteiger partial charge in [-0.15, -0.1) is 0 Å². The summed E-state index contributed by atoms with van der Waals surface area (Å²) in [5.41, 5.74) is 6.60. The molecule has 0 radical (unpaired) electrons. The van der Waals surface area contributed by atoms with Crippen molar-refractivity contribution < 1.29 is 14.0 Å². The third-order valence-corrected chi connectivity index (χ3v) is 3.22. The molecule has 0 aliphatic carbocycles. The molecule has 7 heteroatoms. The van der Waals surface area contributed by atoms with Crippen LogP contribution in [0.4, 0.5) is 0 Å². The van der Waals surface area contributed by atoms with E-state index in [-0.39, 0.29) is 0 Å². The number of hydrogen-bond donors (Lipinski definition) is 1. The number of methoxy groups -OCH3 is 2. The molecular weight excluding hydrogens is 314 g/mol. The number of aromatic nitrogens is 2. The monoisotopic (exact) mass is 327 g/mol. The van der Waals surface area contributed by atoms with Gasteiger partial charge in [0.2, 0.25) is 0 Å². The van der Waals surface area contributed by atoms with Crippen molar-refractivity contribution in [2.45, 2.75) is 6.04 Å². The summed E-state index contributed by atoms with van der Waals surface area (Å²) in [7, 11) is 3.17. The maximum absolute atomic E-state index is 5.84. The van der Waals surface area contributed by atoms with E-state index in [4.69, 9.17) is 19.7 Å². The highest BCUT2D eigenvalue weighted by atomic mass is 79.9. The maximum Gasteiger partial charge on any atom is 0.259 e. The summed E-state index contributed by atoms with van der Waals surface area (Å²) >= 11 is 3.43. The van der Waals surface area contributed by atoms with Crippen LogP contribution in [0.25, 0.3) is 11.5 Å². The quantitative estimate of drug-likeness (QED) is 0.905. The van der Waals surface area contributed by atoms with Gasteiger partial charge >= 0.3 is 0 Å². The van der Waals surface area contributed by atoms with Crippen LogP contribution in [0.2, 0.25) is 0 Å². The zero-order valence-corrected chi connectivity index (χ0v) is 12.2. The normalized spacial score (nSPS) is 12.4. The standard InChI is InChI=1S/C12H14BrN3O3/c1-17-6-10(14)11-15-12(19-16-11)8-5-7(18-2)3-4-9(8)13/h3-5,10H,6,14H2,1-2H3. The van der Waals surface area contributed by atoms with Crippen LogP contribution in [-0.4, -0.2) is 31.0 Å². The Bertz CT molecular complexity index is 559. The molecule has 102 valence electrons. The molecule has 0 bridgehead atoms. The van der Waals surface area contributed by atoms with Crippen LogP contribution < -0.4 is 10.5 Å². The van der Waals surface area contributed by atoms with Gasteiger partial charge in [-0.05, 0) is 34.1 Å². The van der Waals surface area contributed by atoms with Crippen molar-refractivity contribution in [3.05, 3.63) is 28.5 Å². The van der Waals surface area contributed by atoms with E-state index in [0.29, 0.717) is 24.1 Å². The topological polar surface area (TPSA) is 83.4 Å². The van der Waals surface area contributed by atoms with Crippen LogP contribution in [0, 0.1) is 0 Å². The highest BCUT2D eigenvalue weighted by Gasteiger charge is 2.17. The molecule has 6 nitrogen and oxygen atoms in total. The van der Waals surface area contributed by atoms with Crippen LogP contribution >= 0.6 is 15.9 Å². The summed E-state index contributed by atoms with van der Waals surface area (Å²) in [4.78, 5) is 4.27. The molecule has 19 heavy (non-hydrogen) atoms. The molecular formula is C12H14BrN3O3. The molecule has 1 unspecified atom stereocenters. The van der Waals surface area contributed by atoms with Gasteiger partial charge in [0.05, 0.1) is 25.3 Å². The van der Waals surface area contributed by atoms with Crippen molar-refractivity contribution in [3.8, 4) is 17.2 Å². The molecule has 2 N–H and O–H groups in total. The number of rotatable bonds is 5. The first-order valence-electron chi connectivity index (χ1n) is 5.57. The largest absolute Gasteiger partial charge is 0.497 e. The number of hydrogen-bond acceptors (Lipinski definition) is 6. The summed E-state index contributed by atoms with van der Waals surface area (Å²) in [5, 5.41) is 3.85. The summed E-state index contributed by atoms with van der Waals surface area (Å²) < 4.78 is 16.2. The van der Waals surface area contributed by atoms with Gasteiger partial charge in [-0.1, -0.05) is 5.16 Å². The van der Waals surface area contributed by atoms with E-state index in [0.717, 1.165) is 10.0 Å². The van der Waals surface area contributed by atoms with Crippen LogP contribution in [-0.2, 0) is 4.74 Å². The van der Waals surface area contributed by atoms with Crippen LogP contribution in [0.5, 0.6) is 5.75 Å². The van der Waals surface area contributed by atoms with Crippen molar-refractivity contribution in [1.82, 2.24) is 10.1 Å². The second-order valence-corrected chi connectivity index (χ2v) is 4.72. The molecule has 0 aliphatic heterocycles. The Hall–Kier alpha value is -1.44. The Morgan fingerprint density at radius 3 is 2.89 bits per heavy atom. The van der Waals surface area contributed by atoms with Crippen molar-refractivity contribution in [3.63, 3.8) is 0 Å². The first kappa shape index (κ1) is 14.0. The molecule has 1 atom stereocenters. The van der Waals surface area contributed by atoms with Gasteiger partial charge in [0.15, 0.2) is 5.82 Å². The highest BCUT2D eigenvalue weighted by molar-refractivity contribution is 9.10. The van der Waals surface area contributed by atoms with Gasteiger partial charge < -0.3 is 19.7 Å². The van der Waals surface area contributed by atoms with Gasteiger partial charge in [-0.3, -0.25) is 0 Å². The van der Waals surface area contributed by atoms with Crippen molar-refractivity contribution in [1.29, 1.82) is 0 Å². The van der Waals surface area contributed by atoms with Gasteiger partial charge in [0.1, 0.15) is 5.75 Å². The zero-order chi connectivity index (χ0) is 13.8. The minimum Gasteiger partial charge on any atom is -0.497 e. The molecule has 0 amide bonds. The van der Waals surface area contributed by atoms with E-state index in [1.807, 2.05) is 18.2 Å². The summed E-state index contributed by atoms with van der Waals surface area (Å²) in [6.45, 7) is 0.332. The predicted molar refractivity (Wildman–Crippen MR) is 72.8 cm³/mol. The number of ether oxygens (including phenoxy) is 2. The van der Waals surface area contributed by atoms with Crippen LogP contribution in [0.15, 0.2) is 27.2 Å². The van der Waals surface area contributed by atoms with E-state index >= 15 is 0 Å². The number of halogens is 1. The van der Waals surface area contributed by atoms with E-state index < -0.39 is 6.04 Å². The van der Waals surface area contributed by atoms with E-state index in [9.17, 15) is 0 Å². The average Bonchev–Trinajstić information content (AvgIpc) is 2.89. The maximum atomic E-state index is 5.84. The average molecular weight is 328 g/mol. The lowest BCUT2D eigenvalue weighted by molar-refractivity contribution is 0.177. The lowest BCUT2D eigenvalue weighted by Crippen LogP contribution is -2.17. The Kier molecular flexibility index (Phi) is 4.52.